The Hall–Kier alpha value is -2.24. The minimum absolute atomic E-state index is 0.0665. The molecule has 1 rings (SSSR count). The molecule has 0 heterocycles. The number of hydrogen-bond acceptors (Lipinski definition) is 5. The molecule has 6 nitrogen and oxygen atoms in total. The minimum atomic E-state index is -0.284. The summed E-state index contributed by atoms with van der Waals surface area (Å²) in [7, 11) is 1.34. The first-order valence-electron chi connectivity index (χ1n) is 6.35. The fourth-order valence-corrected chi connectivity index (χ4v) is 1.59. The number of nitrogens with two attached hydrogens (primary N) is 1. The maximum Gasteiger partial charge on any atom is 0.305 e. The summed E-state index contributed by atoms with van der Waals surface area (Å²) in [6.45, 7) is 2.21. The molecule has 1 aromatic rings. The van der Waals surface area contributed by atoms with E-state index in [0.29, 0.717) is 24.4 Å². The molecule has 110 valence electrons. The van der Waals surface area contributed by atoms with Crippen LogP contribution in [0.15, 0.2) is 18.2 Å². The van der Waals surface area contributed by atoms with Crippen LogP contribution in [0.2, 0.25) is 0 Å². The molecule has 3 N–H and O–H groups in total. The molecule has 1 amide bonds. The Kier molecular flexibility index (Phi) is 6.36. The highest BCUT2D eigenvalue weighted by Gasteiger charge is 2.05. The predicted octanol–water partition coefficient (Wildman–Crippen LogP) is 1.03. The maximum absolute atomic E-state index is 11.5. The van der Waals surface area contributed by atoms with E-state index in [4.69, 9.17) is 10.5 Å². The van der Waals surface area contributed by atoms with Gasteiger partial charge in [-0.3, -0.25) is 9.59 Å². The van der Waals surface area contributed by atoms with Gasteiger partial charge in [-0.25, -0.2) is 0 Å². The summed E-state index contributed by atoms with van der Waals surface area (Å²) in [5, 5.41) is 2.67. The summed E-state index contributed by atoms with van der Waals surface area (Å²) in [5.74, 6) is 0.114. The van der Waals surface area contributed by atoms with E-state index < -0.39 is 0 Å². The third-order valence-electron chi connectivity index (χ3n) is 2.67. The summed E-state index contributed by atoms with van der Waals surface area (Å²) in [6.07, 6.45) is 0.827. The number of hydrogen-bond donors (Lipinski definition) is 2. The lowest BCUT2D eigenvalue weighted by Gasteiger charge is -2.10. The predicted molar refractivity (Wildman–Crippen MR) is 75.3 cm³/mol. The number of carbonyl (C=O) groups is 2. The smallest absolute Gasteiger partial charge is 0.305 e. The van der Waals surface area contributed by atoms with Gasteiger partial charge in [-0.05, 0) is 37.1 Å². The first kappa shape index (κ1) is 15.8. The Bertz CT molecular complexity index is 474. The summed E-state index contributed by atoms with van der Waals surface area (Å²) in [5.41, 5.74) is 7.16. The fraction of sp³-hybridized carbons (Fsp3) is 0.429. The first-order chi connectivity index (χ1) is 9.52. The molecular weight excluding hydrogens is 260 g/mol. The van der Waals surface area contributed by atoms with Crippen LogP contribution >= 0.6 is 0 Å². The largest absolute Gasteiger partial charge is 0.484 e. The number of aryl methyl sites for hydroxylation is 1. The van der Waals surface area contributed by atoms with Crippen molar-refractivity contribution in [2.24, 2.45) is 0 Å². The van der Waals surface area contributed by atoms with Gasteiger partial charge in [0.2, 0.25) is 0 Å². The average molecular weight is 280 g/mol. The molecule has 20 heavy (non-hydrogen) atoms. The van der Waals surface area contributed by atoms with Gasteiger partial charge in [0.1, 0.15) is 5.75 Å². The van der Waals surface area contributed by atoms with Crippen LogP contribution in [0.5, 0.6) is 5.75 Å². The van der Waals surface area contributed by atoms with Crippen molar-refractivity contribution in [3.63, 3.8) is 0 Å². The van der Waals surface area contributed by atoms with Crippen molar-refractivity contribution in [2.45, 2.75) is 19.8 Å². The summed E-state index contributed by atoms with van der Waals surface area (Å²) < 4.78 is 9.89. The number of rotatable bonds is 7. The standard InChI is InChI=1S/C14H20N2O4/c1-10-8-11(15)5-6-12(10)20-9-13(17)16-7-3-4-14(18)19-2/h5-6,8H,3-4,7,9,15H2,1-2H3,(H,16,17). The number of nitrogen functional groups attached to an aromatic ring is 1. The highest BCUT2D eigenvalue weighted by Crippen LogP contribution is 2.19. The zero-order valence-electron chi connectivity index (χ0n) is 11.8. The average Bonchev–Trinajstić information content (AvgIpc) is 2.42. The quantitative estimate of drug-likeness (QED) is 0.442. The van der Waals surface area contributed by atoms with Crippen molar-refractivity contribution in [1.82, 2.24) is 5.32 Å². The van der Waals surface area contributed by atoms with E-state index in [1.807, 2.05) is 6.92 Å². The van der Waals surface area contributed by atoms with Gasteiger partial charge in [0.05, 0.1) is 7.11 Å². The monoisotopic (exact) mass is 280 g/mol. The molecular formula is C14H20N2O4. The molecule has 0 aliphatic carbocycles. The van der Waals surface area contributed by atoms with Gasteiger partial charge in [0.15, 0.2) is 6.61 Å². The maximum atomic E-state index is 11.5. The number of anilines is 1. The Balaban J connectivity index is 2.24. The van der Waals surface area contributed by atoms with E-state index in [-0.39, 0.29) is 24.9 Å². The van der Waals surface area contributed by atoms with Crippen LogP contribution in [0.1, 0.15) is 18.4 Å². The topological polar surface area (TPSA) is 90.6 Å². The van der Waals surface area contributed by atoms with E-state index >= 15 is 0 Å². The molecule has 6 heteroatoms. The molecule has 0 radical (unpaired) electrons. The molecule has 0 spiro atoms. The summed E-state index contributed by atoms with van der Waals surface area (Å²) in [4.78, 5) is 22.4. The highest BCUT2D eigenvalue weighted by atomic mass is 16.5. The van der Waals surface area contributed by atoms with E-state index in [2.05, 4.69) is 10.1 Å². The van der Waals surface area contributed by atoms with Crippen molar-refractivity contribution >= 4 is 17.6 Å². The summed E-state index contributed by atoms with van der Waals surface area (Å²) in [6, 6.07) is 5.23. The second-order valence-electron chi connectivity index (χ2n) is 4.34. The lowest BCUT2D eigenvalue weighted by Crippen LogP contribution is -2.30. The van der Waals surface area contributed by atoms with Crippen LogP contribution in [0, 0.1) is 6.92 Å². The zero-order valence-corrected chi connectivity index (χ0v) is 11.8. The van der Waals surface area contributed by atoms with Crippen LogP contribution in [0.25, 0.3) is 0 Å². The Labute approximate surface area is 118 Å². The van der Waals surface area contributed by atoms with Crippen LogP contribution < -0.4 is 15.8 Å². The molecule has 0 saturated carbocycles. The fourth-order valence-electron chi connectivity index (χ4n) is 1.59. The molecule has 0 aromatic heterocycles. The van der Waals surface area contributed by atoms with Gasteiger partial charge in [-0.15, -0.1) is 0 Å². The van der Waals surface area contributed by atoms with Crippen molar-refractivity contribution < 1.29 is 19.1 Å². The lowest BCUT2D eigenvalue weighted by atomic mass is 10.2. The number of nitrogens with one attached hydrogen (secondary N) is 1. The van der Waals surface area contributed by atoms with Crippen LogP contribution in [-0.2, 0) is 14.3 Å². The van der Waals surface area contributed by atoms with Gasteiger partial charge < -0.3 is 20.5 Å². The molecule has 0 aliphatic rings. The number of ether oxygens (including phenoxy) is 2. The van der Waals surface area contributed by atoms with Gasteiger partial charge in [0.25, 0.3) is 5.91 Å². The van der Waals surface area contributed by atoms with Crippen molar-refractivity contribution in [1.29, 1.82) is 0 Å². The molecule has 0 fully saturated rings. The number of benzene rings is 1. The minimum Gasteiger partial charge on any atom is -0.484 e. The van der Waals surface area contributed by atoms with Crippen molar-refractivity contribution in [2.75, 3.05) is 26.0 Å². The molecule has 0 bridgehead atoms. The second kappa shape index (κ2) is 8.04. The molecule has 0 aliphatic heterocycles. The van der Waals surface area contributed by atoms with Crippen LogP contribution in [-0.4, -0.2) is 32.1 Å². The number of carbonyl (C=O) groups excluding carboxylic acids is 2. The SMILES string of the molecule is COC(=O)CCCNC(=O)COc1ccc(N)cc1C. The van der Waals surface area contributed by atoms with Gasteiger partial charge >= 0.3 is 5.97 Å². The molecule has 0 atom stereocenters. The van der Waals surface area contributed by atoms with Gasteiger partial charge in [0, 0.05) is 18.7 Å². The third-order valence-corrected chi connectivity index (χ3v) is 2.67. The van der Waals surface area contributed by atoms with E-state index in [0.717, 1.165) is 5.56 Å². The number of methoxy groups -OCH3 is 1. The lowest BCUT2D eigenvalue weighted by molar-refractivity contribution is -0.140. The van der Waals surface area contributed by atoms with E-state index in [9.17, 15) is 9.59 Å². The number of esters is 1. The zero-order chi connectivity index (χ0) is 15.0. The van der Waals surface area contributed by atoms with E-state index in [1.165, 1.54) is 7.11 Å². The number of amides is 1. The first-order valence-corrected chi connectivity index (χ1v) is 6.35. The Morgan fingerprint density at radius 3 is 2.75 bits per heavy atom. The van der Waals surface area contributed by atoms with Gasteiger partial charge in [-0.1, -0.05) is 0 Å². The van der Waals surface area contributed by atoms with Crippen LogP contribution in [0.4, 0.5) is 5.69 Å². The normalized spacial score (nSPS) is 9.90. The highest BCUT2D eigenvalue weighted by molar-refractivity contribution is 5.77. The molecule has 1 aromatic carbocycles. The van der Waals surface area contributed by atoms with Crippen LogP contribution in [0.3, 0.4) is 0 Å². The van der Waals surface area contributed by atoms with Crippen molar-refractivity contribution in [3.8, 4) is 5.75 Å². The van der Waals surface area contributed by atoms with E-state index in [1.54, 1.807) is 18.2 Å². The second-order valence-corrected chi connectivity index (χ2v) is 4.34. The molecule has 0 saturated heterocycles. The third kappa shape index (κ3) is 5.60. The molecule has 0 unspecified atom stereocenters. The Morgan fingerprint density at radius 2 is 2.10 bits per heavy atom. The van der Waals surface area contributed by atoms with Crippen molar-refractivity contribution in [3.05, 3.63) is 23.8 Å². The Morgan fingerprint density at radius 1 is 1.35 bits per heavy atom. The van der Waals surface area contributed by atoms with Gasteiger partial charge in [-0.2, -0.15) is 0 Å². The summed E-state index contributed by atoms with van der Waals surface area (Å²) >= 11 is 0.